The molecule has 0 atom stereocenters. The number of aromatic nitrogens is 1. The molecule has 0 saturated carbocycles. The first-order valence-corrected chi connectivity index (χ1v) is 8.28. The Bertz CT molecular complexity index is 1370. The topological polar surface area (TPSA) is 62.0 Å². The largest absolute Gasteiger partial charge is 0.354 e. The molecule has 0 spiro atoms. The van der Waals surface area contributed by atoms with Gasteiger partial charge >= 0.3 is 0 Å². The fourth-order valence-corrected chi connectivity index (χ4v) is 4.37. The molecule has 4 nitrogen and oxygen atoms in total. The molecule has 2 amide bonds. The van der Waals surface area contributed by atoms with Gasteiger partial charge in [-0.25, -0.2) is 0 Å². The number of H-pyrrole nitrogens is 1. The van der Waals surface area contributed by atoms with Crippen molar-refractivity contribution in [1.29, 1.82) is 0 Å². The normalized spacial score (nSPS) is 17.4. The zero-order valence-corrected chi connectivity index (χ0v) is 13.1. The fourth-order valence-electron chi connectivity index (χ4n) is 4.37. The van der Waals surface area contributed by atoms with Gasteiger partial charge in [0.25, 0.3) is 11.8 Å². The molecule has 4 heteroatoms. The Morgan fingerprint density at radius 3 is 2.76 bits per heavy atom. The number of rotatable bonds is 0. The average molecular weight is 324 g/mol. The molecule has 1 aromatic heterocycles. The van der Waals surface area contributed by atoms with Gasteiger partial charge in [0.1, 0.15) is 0 Å². The van der Waals surface area contributed by atoms with Crippen molar-refractivity contribution < 1.29 is 9.59 Å². The predicted molar refractivity (Wildman–Crippen MR) is 96.6 cm³/mol. The highest BCUT2D eigenvalue weighted by atomic mass is 16.2. The molecule has 0 saturated heterocycles. The Morgan fingerprint density at radius 1 is 1.00 bits per heavy atom. The van der Waals surface area contributed by atoms with Gasteiger partial charge in [0.15, 0.2) is 0 Å². The lowest BCUT2D eigenvalue weighted by molar-refractivity contribution is 0.0880. The molecule has 0 unspecified atom stereocenters. The molecule has 2 heterocycles. The van der Waals surface area contributed by atoms with Crippen molar-refractivity contribution in [2.75, 3.05) is 0 Å². The van der Waals surface area contributed by atoms with Crippen LogP contribution in [0.15, 0.2) is 48.1 Å². The molecule has 3 aromatic rings. The number of nitrogens with one attached hydrogen (secondary N) is 2. The van der Waals surface area contributed by atoms with E-state index in [9.17, 15) is 9.59 Å². The molecular weight excluding hydrogens is 312 g/mol. The standard InChI is InChI=1S/C21H12N2O2/c24-20-17-13-9-10-5-1-2-6-11(10)15(13)19-16(18(17)21(25)23-20)12-7-3-4-8-14(12)22-19/h1-5,7-9,22H,6H2,(H,23,24,25). The second-order valence-electron chi connectivity index (χ2n) is 6.62. The van der Waals surface area contributed by atoms with Crippen LogP contribution in [0.1, 0.15) is 27.1 Å². The third kappa shape index (κ3) is 1.43. The molecular formula is C21H12N2O2. The van der Waals surface area contributed by atoms with Crippen molar-refractivity contribution in [2.24, 2.45) is 0 Å². The van der Waals surface area contributed by atoms with E-state index in [2.05, 4.69) is 22.5 Å². The summed E-state index contributed by atoms with van der Waals surface area (Å²) >= 11 is 0. The van der Waals surface area contributed by atoms with E-state index >= 15 is 0 Å². The minimum Gasteiger partial charge on any atom is -0.354 e. The molecule has 2 aliphatic carbocycles. The minimum absolute atomic E-state index is 0.299. The number of amides is 2. The zero-order valence-electron chi connectivity index (χ0n) is 13.1. The highest BCUT2D eigenvalue weighted by Gasteiger charge is 2.34. The summed E-state index contributed by atoms with van der Waals surface area (Å²) < 4.78 is 0. The van der Waals surface area contributed by atoms with E-state index in [0.717, 1.165) is 44.2 Å². The third-order valence-corrected chi connectivity index (χ3v) is 5.36. The quantitative estimate of drug-likeness (QED) is 0.622. The number of hydrogen-bond acceptors (Lipinski definition) is 2. The maximum absolute atomic E-state index is 12.6. The SMILES string of the molecule is O=C1NC(=O)c2c1c1c(c3[nH]c4ccccc4c23)=C2CC=CC=C2C=1. The van der Waals surface area contributed by atoms with E-state index in [0.29, 0.717) is 11.1 Å². The highest BCUT2D eigenvalue weighted by molar-refractivity contribution is 6.30. The van der Waals surface area contributed by atoms with E-state index in [1.807, 2.05) is 36.4 Å². The van der Waals surface area contributed by atoms with Crippen LogP contribution in [0.3, 0.4) is 0 Å². The number of benzene rings is 2. The van der Waals surface area contributed by atoms with Crippen LogP contribution in [-0.2, 0) is 0 Å². The number of fused-ring (bicyclic) bond motifs is 9. The number of imide groups is 1. The smallest absolute Gasteiger partial charge is 0.259 e. The number of hydrogen-bond donors (Lipinski definition) is 2. The van der Waals surface area contributed by atoms with Crippen molar-refractivity contribution in [3.05, 3.63) is 69.6 Å². The minimum atomic E-state index is -0.307. The molecule has 1 aliphatic heterocycles. The van der Waals surface area contributed by atoms with Crippen LogP contribution in [0.5, 0.6) is 0 Å². The molecule has 0 bridgehead atoms. The van der Waals surface area contributed by atoms with Gasteiger partial charge < -0.3 is 4.98 Å². The first-order valence-electron chi connectivity index (χ1n) is 8.28. The Morgan fingerprint density at radius 2 is 1.84 bits per heavy atom. The summed E-state index contributed by atoms with van der Waals surface area (Å²) in [6, 6.07) is 7.93. The predicted octanol–water partition coefficient (Wildman–Crippen LogP) is 2.04. The maximum Gasteiger partial charge on any atom is 0.259 e. The van der Waals surface area contributed by atoms with Gasteiger partial charge in [-0.2, -0.15) is 0 Å². The fraction of sp³-hybridized carbons (Fsp3) is 0.0476. The molecule has 3 aliphatic rings. The lowest BCUT2D eigenvalue weighted by atomic mass is 9.96. The zero-order chi connectivity index (χ0) is 16.7. The first-order chi connectivity index (χ1) is 12.2. The molecule has 2 aromatic carbocycles. The molecule has 0 radical (unpaired) electrons. The van der Waals surface area contributed by atoms with E-state index in [1.54, 1.807) is 0 Å². The monoisotopic (exact) mass is 324 g/mol. The highest BCUT2D eigenvalue weighted by Crippen LogP contribution is 2.32. The Balaban J connectivity index is 2.00. The van der Waals surface area contributed by atoms with Crippen LogP contribution < -0.4 is 15.8 Å². The lowest BCUT2D eigenvalue weighted by Crippen LogP contribution is -2.31. The number of aromatic amines is 1. The number of carbonyl (C=O) groups excluding carboxylic acids is 2. The first kappa shape index (κ1) is 13.0. The number of allylic oxidation sites excluding steroid dienone is 4. The van der Waals surface area contributed by atoms with Gasteiger partial charge in [-0.3, -0.25) is 14.9 Å². The lowest BCUT2D eigenvalue weighted by Gasteiger charge is -2.06. The van der Waals surface area contributed by atoms with E-state index < -0.39 is 0 Å². The van der Waals surface area contributed by atoms with Crippen LogP contribution in [0, 0.1) is 0 Å². The van der Waals surface area contributed by atoms with Crippen LogP contribution in [0.25, 0.3) is 33.5 Å². The Labute approximate surface area is 141 Å². The van der Waals surface area contributed by atoms with Crippen LogP contribution in [0.2, 0.25) is 0 Å². The Hall–Kier alpha value is -3.40. The van der Waals surface area contributed by atoms with Crippen LogP contribution in [-0.4, -0.2) is 16.8 Å². The van der Waals surface area contributed by atoms with Crippen molar-refractivity contribution in [3.8, 4) is 0 Å². The van der Waals surface area contributed by atoms with Gasteiger partial charge in [0.05, 0.1) is 16.6 Å². The summed E-state index contributed by atoms with van der Waals surface area (Å²) in [6.07, 6.45) is 9.09. The molecule has 0 fully saturated rings. The summed E-state index contributed by atoms with van der Waals surface area (Å²) in [4.78, 5) is 28.6. The van der Waals surface area contributed by atoms with Gasteiger partial charge in [0, 0.05) is 21.5 Å². The summed E-state index contributed by atoms with van der Waals surface area (Å²) in [5.41, 5.74) is 5.27. The van der Waals surface area contributed by atoms with Crippen molar-refractivity contribution in [1.82, 2.24) is 10.3 Å². The molecule has 2 N–H and O–H groups in total. The Kier molecular flexibility index (Phi) is 2.16. The summed E-state index contributed by atoms with van der Waals surface area (Å²) in [5.74, 6) is -0.606. The number of para-hydroxylation sites is 1. The van der Waals surface area contributed by atoms with Gasteiger partial charge in [-0.15, -0.1) is 0 Å². The van der Waals surface area contributed by atoms with Gasteiger partial charge in [-0.1, -0.05) is 36.4 Å². The van der Waals surface area contributed by atoms with Crippen LogP contribution >= 0.6 is 0 Å². The van der Waals surface area contributed by atoms with Crippen molar-refractivity contribution in [3.63, 3.8) is 0 Å². The molecule has 6 rings (SSSR count). The van der Waals surface area contributed by atoms with E-state index in [4.69, 9.17) is 0 Å². The third-order valence-electron chi connectivity index (χ3n) is 5.36. The second-order valence-corrected chi connectivity index (χ2v) is 6.62. The summed E-state index contributed by atoms with van der Waals surface area (Å²) in [5, 5.41) is 6.24. The number of carbonyl (C=O) groups is 2. The second kappa shape index (κ2) is 4.16. The summed E-state index contributed by atoms with van der Waals surface area (Å²) in [7, 11) is 0. The van der Waals surface area contributed by atoms with Gasteiger partial charge in [-0.05, 0) is 34.9 Å². The van der Waals surface area contributed by atoms with Crippen molar-refractivity contribution in [2.45, 2.75) is 6.42 Å². The van der Waals surface area contributed by atoms with E-state index in [1.165, 1.54) is 5.57 Å². The molecule has 118 valence electrons. The van der Waals surface area contributed by atoms with Crippen molar-refractivity contribution >= 4 is 45.3 Å². The summed E-state index contributed by atoms with van der Waals surface area (Å²) in [6.45, 7) is 0. The molecule has 25 heavy (non-hydrogen) atoms. The van der Waals surface area contributed by atoms with Gasteiger partial charge in [0.2, 0.25) is 0 Å². The van der Waals surface area contributed by atoms with Crippen LogP contribution in [0.4, 0.5) is 0 Å². The maximum atomic E-state index is 12.6. The van der Waals surface area contributed by atoms with E-state index in [-0.39, 0.29) is 11.8 Å². The average Bonchev–Trinajstić information content (AvgIpc) is 3.26.